The van der Waals surface area contributed by atoms with Crippen molar-refractivity contribution in [1.29, 1.82) is 0 Å². The lowest BCUT2D eigenvalue weighted by Crippen LogP contribution is -2.30. The van der Waals surface area contributed by atoms with E-state index in [0.29, 0.717) is 18.4 Å². The van der Waals surface area contributed by atoms with Gasteiger partial charge < -0.3 is 10.8 Å². The Labute approximate surface area is 124 Å². The molecule has 0 aliphatic heterocycles. The fraction of sp³-hybridized carbons (Fsp3) is 0.571. The Morgan fingerprint density at radius 3 is 2.67 bits per heavy atom. The van der Waals surface area contributed by atoms with Gasteiger partial charge in [-0.2, -0.15) is 0 Å². The summed E-state index contributed by atoms with van der Waals surface area (Å²) in [6.07, 6.45) is 1.76. The highest BCUT2D eigenvalue weighted by Crippen LogP contribution is 2.29. The summed E-state index contributed by atoms with van der Waals surface area (Å²) >= 11 is 0. The molecule has 2 atom stereocenters. The summed E-state index contributed by atoms with van der Waals surface area (Å²) < 4.78 is 40.9. The van der Waals surface area contributed by atoms with Crippen LogP contribution in [-0.4, -0.2) is 26.2 Å². The summed E-state index contributed by atoms with van der Waals surface area (Å²) in [6, 6.07) is 1.14. The van der Waals surface area contributed by atoms with Crippen LogP contribution in [0.3, 0.4) is 0 Å². The number of sulfonamides is 1. The topological polar surface area (TPSA) is 92.4 Å². The quantitative estimate of drug-likeness (QED) is 0.733. The fourth-order valence-corrected chi connectivity index (χ4v) is 4.47. The molecule has 4 N–H and O–H groups in total. The van der Waals surface area contributed by atoms with Gasteiger partial charge >= 0.3 is 0 Å². The van der Waals surface area contributed by atoms with E-state index in [1.807, 2.05) is 0 Å². The molecule has 5 nitrogen and oxygen atoms in total. The van der Waals surface area contributed by atoms with Crippen molar-refractivity contribution in [2.45, 2.75) is 44.1 Å². The third-order valence-electron chi connectivity index (χ3n) is 4.05. The molecule has 1 fully saturated rings. The van der Waals surface area contributed by atoms with E-state index in [0.717, 1.165) is 12.5 Å². The van der Waals surface area contributed by atoms with Gasteiger partial charge in [0, 0.05) is 6.54 Å². The molecule has 2 rings (SSSR count). The Balaban J connectivity index is 2.22. The Kier molecular flexibility index (Phi) is 4.55. The monoisotopic (exact) mass is 316 g/mol. The molecule has 0 amide bonds. The first-order valence-corrected chi connectivity index (χ1v) is 8.43. The van der Waals surface area contributed by atoms with Gasteiger partial charge in [0.2, 0.25) is 10.0 Å². The zero-order chi connectivity index (χ0) is 15.8. The van der Waals surface area contributed by atoms with Crippen molar-refractivity contribution in [3.63, 3.8) is 0 Å². The molecule has 1 aromatic carbocycles. The third kappa shape index (κ3) is 3.36. The van der Waals surface area contributed by atoms with Crippen molar-refractivity contribution in [1.82, 2.24) is 4.72 Å². The molecule has 0 bridgehead atoms. The van der Waals surface area contributed by atoms with Gasteiger partial charge in [0.1, 0.15) is 5.82 Å². The second-order valence-corrected chi connectivity index (χ2v) is 7.43. The van der Waals surface area contributed by atoms with Crippen molar-refractivity contribution >= 4 is 15.7 Å². The van der Waals surface area contributed by atoms with E-state index in [-0.39, 0.29) is 34.7 Å². The molecule has 7 heteroatoms. The third-order valence-corrected chi connectivity index (χ3v) is 5.76. The smallest absolute Gasteiger partial charge is 0.241 e. The molecular formula is C14H21FN2O3S. The molecule has 0 heterocycles. The minimum Gasteiger partial charge on any atom is -0.396 e. The number of aryl methyl sites for hydroxylation is 1. The number of halogens is 1. The predicted octanol–water partition coefficient (Wildman–Crippen LogP) is 1.46. The van der Waals surface area contributed by atoms with Crippen LogP contribution in [0.15, 0.2) is 11.0 Å². The van der Waals surface area contributed by atoms with Crippen LogP contribution < -0.4 is 10.5 Å². The van der Waals surface area contributed by atoms with Crippen LogP contribution in [0.25, 0.3) is 0 Å². The normalized spacial score (nSPS) is 22.7. The Morgan fingerprint density at radius 1 is 1.43 bits per heavy atom. The van der Waals surface area contributed by atoms with Crippen LogP contribution in [0.1, 0.15) is 30.4 Å². The maximum Gasteiger partial charge on any atom is 0.241 e. The van der Waals surface area contributed by atoms with Crippen molar-refractivity contribution in [3.05, 3.63) is 23.0 Å². The van der Waals surface area contributed by atoms with Crippen molar-refractivity contribution < 1.29 is 17.9 Å². The van der Waals surface area contributed by atoms with E-state index in [4.69, 9.17) is 5.73 Å². The van der Waals surface area contributed by atoms with Crippen LogP contribution in [0.2, 0.25) is 0 Å². The van der Waals surface area contributed by atoms with Gasteiger partial charge in [-0.1, -0.05) is 0 Å². The molecule has 2 unspecified atom stereocenters. The van der Waals surface area contributed by atoms with Gasteiger partial charge in [0.05, 0.1) is 16.7 Å². The SMILES string of the molecule is Cc1cc(F)c(N)c(C)c1S(=O)(=O)NCC1CCC(O)C1. The summed E-state index contributed by atoms with van der Waals surface area (Å²) in [5.74, 6) is -0.476. The molecule has 0 aromatic heterocycles. The summed E-state index contributed by atoms with van der Waals surface area (Å²) in [5, 5.41) is 9.47. The predicted molar refractivity (Wildman–Crippen MR) is 78.8 cm³/mol. The molecule has 0 spiro atoms. The lowest BCUT2D eigenvalue weighted by molar-refractivity contribution is 0.178. The minimum atomic E-state index is -3.74. The first-order chi connectivity index (χ1) is 9.72. The molecule has 1 saturated carbocycles. The molecular weight excluding hydrogens is 295 g/mol. The average molecular weight is 316 g/mol. The van der Waals surface area contributed by atoms with Crippen molar-refractivity contribution in [2.24, 2.45) is 5.92 Å². The average Bonchev–Trinajstić information content (AvgIpc) is 2.79. The fourth-order valence-electron chi connectivity index (χ4n) is 2.88. The lowest BCUT2D eigenvalue weighted by atomic mass is 10.1. The molecule has 0 radical (unpaired) electrons. The number of anilines is 1. The Hall–Kier alpha value is -1.18. The second-order valence-electron chi connectivity index (χ2n) is 5.73. The van der Waals surface area contributed by atoms with E-state index >= 15 is 0 Å². The number of hydrogen-bond acceptors (Lipinski definition) is 4. The number of nitrogens with one attached hydrogen (secondary N) is 1. The maximum absolute atomic E-state index is 13.5. The van der Waals surface area contributed by atoms with Gasteiger partial charge in [-0.3, -0.25) is 0 Å². The highest BCUT2D eigenvalue weighted by atomic mass is 32.2. The molecule has 1 aromatic rings. The zero-order valence-electron chi connectivity index (χ0n) is 12.2. The van der Waals surface area contributed by atoms with Gasteiger partial charge in [-0.05, 0) is 56.2 Å². The van der Waals surface area contributed by atoms with Crippen molar-refractivity contribution in [3.8, 4) is 0 Å². The number of aliphatic hydroxyl groups is 1. The van der Waals surface area contributed by atoms with Crippen LogP contribution in [-0.2, 0) is 10.0 Å². The summed E-state index contributed by atoms with van der Waals surface area (Å²) in [5.41, 5.74) is 6.00. The highest BCUT2D eigenvalue weighted by molar-refractivity contribution is 7.89. The number of nitrogen functional groups attached to an aromatic ring is 1. The largest absolute Gasteiger partial charge is 0.396 e. The van der Waals surface area contributed by atoms with Crippen molar-refractivity contribution in [2.75, 3.05) is 12.3 Å². The molecule has 21 heavy (non-hydrogen) atoms. The summed E-state index contributed by atoms with van der Waals surface area (Å²) in [6.45, 7) is 3.32. The van der Waals surface area contributed by atoms with E-state index in [1.54, 1.807) is 6.92 Å². The number of aliphatic hydroxyl groups excluding tert-OH is 1. The van der Waals surface area contributed by atoms with Crippen LogP contribution in [0, 0.1) is 25.6 Å². The standard InChI is InChI=1S/C14H21FN2O3S/c1-8-5-12(15)13(16)9(2)14(8)21(19,20)17-7-10-3-4-11(18)6-10/h5,10-11,17-18H,3-4,6-7,16H2,1-2H3. The Bertz CT molecular complexity index is 646. The van der Waals surface area contributed by atoms with E-state index < -0.39 is 15.8 Å². The first-order valence-electron chi connectivity index (χ1n) is 6.95. The lowest BCUT2D eigenvalue weighted by Gasteiger charge is -2.16. The Morgan fingerprint density at radius 2 is 2.10 bits per heavy atom. The van der Waals surface area contributed by atoms with Gasteiger partial charge in [0.25, 0.3) is 0 Å². The highest BCUT2D eigenvalue weighted by Gasteiger charge is 2.27. The van der Waals surface area contributed by atoms with Crippen LogP contribution in [0.4, 0.5) is 10.1 Å². The van der Waals surface area contributed by atoms with E-state index in [1.165, 1.54) is 6.92 Å². The first kappa shape index (κ1) is 16.2. The van der Waals surface area contributed by atoms with E-state index in [9.17, 15) is 17.9 Å². The van der Waals surface area contributed by atoms with Crippen LogP contribution >= 0.6 is 0 Å². The van der Waals surface area contributed by atoms with Gasteiger partial charge in [0.15, 0.2) is 0 Å². The minimum absolute atomic E-state index is 0.0416. The molecule has 1 aliphatic rings. The maximum atomic E-state index is 13.5. The van der Waals surface area contributed by atoms with Gasteiger partial charge in [-0.15, -0.1) is 0 Å². The number of benzene rings is 1. The number of hydrogen-bond donors (Lipinski definition) is 3. The summed E-state index contributed by atoms with van der Waals surface area (Å²) in [4.78, 5) is 0.0416. The summed E-state index contributed by atoms with van der Waals surface area (Å²) in [7, 11) is -3.74. The molecule has 0 saturated heterocycles. The van der Waals surface area contributed by atoms with E-state index in [2.05, 4.69) is 4.72 Å². The zero-order valence-corrected chi connectivity index (χ0v) is 13.0. The molecule has 118 valence electrons. The second kappa shape index (κ2) is 5.90. The number of nitrogens with two attached hydrogens (primary N) is 1. The van der Waals surface area contributed by atoms with Crippen LogP contribution in [0.5, 0.6) is 0 Å². The molecule has 1 aliphatic carbocycles. The number of rotatable bonds is 4. The van der Waals surface area contributed by atoms with Gasteiger partial charge in [-0.25, -0.2) is 17.5 Å².